The minimum Gasteiger partial charge on any atom is -0.298 e. The lowest BCUT2D eigenvalue weighted by molar-refractivity contribution is -0.116. The molecule has 1 aliphatic heterocycles. The first-order chi connectivity index (χ1) is 6.84. The van der Waals surface area contributed by atoms with Crippen LogP contribution in [0.25, 0.3) is 0 Å². The molecule has 0 amide bonds. The third kappa shape index (κ3) is 2.39. The van der Waals surface area contributed by atoms with Crippen LogP contribution in [0.3, 0.4) is 0 Å². The van der Waals surface area contributed by atoms with Gasteiger partial charge in [-0.05, 0) is 18.1 Å². The van der Waals surface area contributed by atoms with Crippen LogP contribution in [-0.2, 0) is 11.2 Å². The first-order valence-corrected chi connectivity index (χ1v) is 4.97. The number of ketones is 1. The zero-order valence-corrected chi connectivity index (χ0v) is 8.15. The molecule has 14 heavy (non-hydrogen) atoms. The second-order valence-electron chi connectivity index (χ2n) is 3.68. The van der Waals surface area contributed by atoms with Crippen molar-refractivity contribution in [3.8, 4) is 0 Å². The predicted octanol–water partition coefficient (Wildman–Crippen LogP) is 0.899. The molecule has 74 valence electrons. The molecule has 1 fully saturated rings. The van der Waals surface area contributed by atoms with Gasteiger partial charge < -0.3 is 0 Å². The van der Waals surface area contributed by atoms with E-state index in [0.29, 0.717) is 12.3 Å². The van der Waals surface area contributed by atoms with E-state index < -0.39 is 0 Å². The number of carbonyl (C=O) groups excluding carboxylic acids is 1. The average molecular weight is 190 g/mol. The number of pyridine rings is 1. The fourth-order valence-corrected chi connectivity index (χ4v) is 1.71. The van der Waals surface area contributed by atoms with Crippen molar-refractivity contribution in [2.24, 2.45) is 0 Å². The van der Waals surface area contributed by atoms with Gasteiger partial charge in [0.05, 0.1) is 6.54 Å². The van der Waals surface area contributed by atoms with Gasteiger partial charge in [0, 0.05) is 31.9 Å². The van der Waals surface area contributed by atoms with Gasteiger partial charge in [0.25, 0.3) is 0 Å². The van der Waals surface area contributed by atoms with Gasteiger partial charge in [-0.2, -0.15) is 0 Å². The Bertz CT molecular complexity index is 310. The number of Topliss-reactive ketones (excluding diaryl/α,β-unsaturated/α-hetero) is 1. The number of hydrogen-bond acceptors (Lipinski definition) is 3. The second-order valence-corrected chi connectivity index (χ2v) is 3.68. The smallest absolute Gasteiger partial charge is 0.148 e. The van der Waals surface area contributed by atoms with Crippen molar-refractivity contribution in [1.82, 2.24) is 9.88 Å². The minimum absolute atomic E-state index is 0.371. The molecule has 0 saturated carbocycles. The Morgan fingerprint density at radius 1 is 1.50 bits per heavy atom. The first kappa shape index (κ1) is 9.34. The van der Waals surface area contributed by atoms with Crippen LogP contribution in [0.15, 0.2) is 24.5 Å². The number of carbonyl (C=O) groups is 1. The van der Waals surface area contributed by atoms with E-state index >= 15 is 0 Å². The summed E-state index contributed by atoms with van der Waals surface area (Å²) in [5.41, 5.74) is 1.24. The van der Waals surface area contributed by atoms with Gasteiger partial charge in [-0.25, -0.2) is 0 Å². The highest BCUT2D eigenvalue weighted by molar-refractivity contribution is 5.82. The Labute approximate surface area is 83.8 Å². The highest BCUT2D eigenvalue weighted by atomic mass is 16.1. The molecule has 0 aromatic carbocycles. The Balaban J connectivity index is 1.80. The minimum atomic E-state index is 0.371. The van der Waals surface area contributed by atoms with E-state index in [1.165, 1.54) is 5.56 Å². The van der Waals surface area contributed by atoms with Crippen molar-refractivity contribution in [2.45, 2.75) is 12.8 Å². The Kier molecular flexibility index (Phi) is 2.89. The van der Waals surface area contributed by atoms with E-state index in [0.717, 1.165) is 25.9 Å². The maximum atomic E-state index is 11.0. The lowest BCUT2D eigenvalue weighted by Gasteiger charge is -2.12. The van der Waals surface area contributed by atoms with E-state index in [2.05, 4.69) is 16.0 Å². The molecule has 2 rings (SSSR count). The molecule has 0 N–H and O–H groups in total. The monoisotopic (exact) mass is 190 g/mol. The van der Waals surface area contributed by atoms with Gasteiger partial charge in [-0.15, -0.1) is 0 Å². The summed E-state index contributed by atoms with van der Waals surface area (Å²) in [6.45, 7) is 2.54. The lowest BCUT2D eigenvalue weighted by atomic mass is 10.2. The highest BCUT2D eigenvalue weighted by Crippen LogP contribution is 2.06. The van der Waals surface area contributed by atoms with Gasteiger partial charge in [-0.3, -0.25) is 14.7 Å². The molecule has 1 aromatic heterocycles. The molecular weight excluding hydrogens is 176 g/mol. The average Bonchev–Trinajstić information content (AvgIpc) is 2.63. The standard InChI is InChI=1S/C11H14N2O/c14-11-4-7-13(9-11)6-3-10-2-1-5-12-8-10/h1-2,5,8H,3-4,6-7,9H2. The van der Waals surface area contributed by atoms with Crippen LogP contribution in [0, 0.1) is 0 Å². The fourth-order valence-electron chi connectivity index (χ4n) is 1.71. The second kappa shape index (κ2) is 4.33. The number of rotatable bonds is 3. The Morgan fingerprint density at radius 2 is 2.43 bits per heavy atom. The van der Waals surface area contributed by atoms with Crippen LogP contribution in [-0.4, -0.2) is 35.3 Å². The summed E-state index contributed by atoms with van der Waals surface area (Å²) in [5, 5.41) is 0. The van der Waals surface area contributed by atoms with E-state index in [4.69, 9.17) is 0 Å². The summed E-state index contributed by atoms with van der Waals surface area (Å²) in [7, 11) is 0. The first-order valence-electron chi connectivity index (χ1n) is 4.97. The van der Waals surface area contributed by atoms with Crippen LogP contribution in [0.5, 0.6) is 0 Å². The quantitative estimate of drug-likeness (QED) is 0.710. The molecule has 1 saturated heterocycles. The molecule has 1 aromatic rings. The van der Waals surface area contributed by atoms with Crippen molar-refractivity contribution >= 4 is 5.78 Å². The van der Waals surface area contributed by atoms with Gasteiger partial charge in [0.1, 0.15) is 5.78 Å². The number of hydrogen-bond donors (Lipinski definition) is 0. The van der Waals surface area contributed by atoms with Crippen molar-refractivity contribution in [2.75, 3.05) is 19.6 Å². The third-order valence-corrected chi connectivity index (χ3v) is 2.55. The number of likely N-dealkylation sites (tertiary alicyclic amines) is 1. The molecular formula is C11H14N2O. The summed E-state index contributed by atoms with van der Waals surface area (Å²) in [6.07, 6.45) is 5.38. The maximum Gasteiger partial charge on any atom is 0.148 e. The maximum absolute atomic E-state index is 11.0. The molecule has 0 atom stereocenters. The summed E-state index contributed by atoms with van der Waals surface area (Å²) >= 11 is 0. The SMILES string of the molecule is O=C1CCN(CCc2cccnc2)C1. The zero-order chi connectivity index (χ0) is 9.80. The summed E-state index contributed by atoms with van der Waals surface area (Å²) in [4.78, 5) is 17.3. The van der Waals surface area contributed by atoms with E-state index in [-0.39, 0.29) is 0 Å². The van der Waals surface area contributed by atoms with Crippen molar-refractivity contribution in [3.05, 3.63) is 30.1 Å². The molecule has 3 heteroatoms. The summed E-state index contributed by atoms with van der Waals surface area (Å²) in [6, 6.07) is 4.02. The van der Waals surface area contributed by atoms with Gasteiger partial charge in [-0.1, -0.05) is 6.07 Å². The van der Waals surface area contributed by atoms with Crippen LogP contribution < -0.4 is 0 Å². The van der Waals surface area contributed by atoms with Crippen LogP contribution in [0.2, 0.25) is 0 Å². The van der Waals surface area contributed by atoms with Crippen LogP contribution >= 0.6 is 0 Å². The van der Waals surface area contributed by atoms with Gasteiger partial charge in [0.15, 0.2) is 0 Å². The van der Waals surface area contributed by atoms with Crippen molar-refractivity contribution in [1.29, 1.82) is 0 Å². The molecule has 0 spiro atoms. The van der Waals surface area contributed by atoms with Crippen LogP contribution in [0.4, 0.5) is 0 Å². The predicted molar refractivity (Wildman–Crippen MR) is 54.0 cm³/mol. The molecule has 0 unspecified atom stereocenters. The van der Waals surface area contributed by atoms with Crippen molar-refractivity contribution < 1.29 is 4.79 Å². The largest absolute Gasteiger partial charge is 0.298 e. The Morgan fingerprint density at radius 3 is 3.07 bits per heavy atom. The van der Waals surface area contributed by atoms with E-state index in [1.807, 2.05) is 12.3 Å². The van der Waals surface area contributed by atoms with Gasteiger partial charge in [0.2, 0.25) is 0 Å². The summed E-state index contributed by atoms with van der Waals surface area (Å²) < 4.78 is 0. The van der Waals surface area contributed by atoms with Gasteiger partial charge >= 0.3 is 0 Å². The summed E-state index contributed by atoms with van der Waals surface area (Å²) in [5.74, 6) is 0.371. The molecule has 0 aliphatic carbocycles. The topological polar surface area (TPSA) is 33.2 Å². The zero-order valence-electron chi connectivity index (χ0n) is 8.15. The number of aromatic nitrogens is 1. The molecule has 0 bridgehead atoms. The molecule has 1 aliphatic rings. The third-order valence-electron chi connectivity index (χ3n) is 2.55. The number of nitrogens with zero attached hydrogens (tertiary/aromatic N) is 2. The molecule has 2 heterocycles. The Hall–Kier alpha value is -1.22. The highest BCUT2D eigenvalue weighted by Gasteiger charge is 2.18. The van der Waals surface area contributed by atoms with E-state index in [9.17, 15) is 4.79 Å². The normalized spacial score (nSPS) is 17.6. The molecule has 3 nitrogen and oxygen atoms in total. The van der Waals surface area contributed by atoms with Crippen LogP contribution in [0.1, 0.15) is 12.0 Å². The van der Waals surface area contributed by atoms with E-state index in [1.54, 1.807) is 6.20 Å². The lowest BCUT2D eigenvalue weighted by Crippen LogP contribution is -2.23. The van der Waals surface area contributed by atoms with Crippen molar-refractivity contribution in [3.63, 3.8) is 0 Å². The fraction of sp³-hybridized carbons (Fsp3) is 0.455. The molecule has 0 radical (unpaired) electrons.